The molecule has 0 spiro atoms. The third kappa shape index (κ3) is 2.96. The quantitative estimate of drug-likeness (QED) is 0.504. The monoisotopic (exact) mass is 262 g/mol. The van der Waals surface area contributed by atoms with Gasteiger partial charge in [0.1, 0.15) is 0 Å². The summed E-state index contributed by atoms with van der Waals surface area (Å²) in [5.74, 6) is -3.20. The fourth-order valence-corrected chi connectivity index (χ4v) is 1.98. The van der Waals surface area contributed by atoms with Crippen molar-refractivity contribution < 1.29 is 29.6 Å². The first-order valence-corrected chi connectivity index (χ1v) is 5.62. The molecule has 1 aliphatic heterocycles. The highest BCUT2D eigenvalue weighted by Crippen LogP contribution is 2.29. The number of hydrogen-bond donors (Lipinski definition) is 2. The Morgan fingerprint density at radius 3 is 2.67 bits per heavy atom. The molecule has 0 aliphatic carbocycles. The topological polar surface area (TPSA) is 104 Å². The lowest BCUT2D eigenvalue weighted by Gasteiger charge is -2.34. The first-order chi connectivity index (χ1) is 8.17. The van der Waals surface area contributed by atoms with Crippen molar-refractivity contribution in [1.29, 1.82) is 0 Å². The summed E-state index contributed by atoms with van der Waals surface area (Å²) in [6.45, 7) is 6.07. The Morgan fingerprint density at radius 2 is 2.28 bits per heavy atom. The average Bonchev–Trinajstić information content (AvgIpc) is 2.34. The zero-order valence-corrected chi connectivity index (χ0v) is 10.8. The van der Waals surface area contributed by atoms with Crippen molar-refractivity contribution >= 4 is 11.9 Å². The van der Waals surface area contributed by atoms with Crippen LogP contribution in [0.1, 0.15) is 34.1 Å². The Kier molecular flexibility index (Phi) is 4.28. The summed E-state index contributed by atoms with van der Waals surface area (Å²) in [5.41, 5.74) is 0. The van der Waals surface area contributed by atoms with Gasteiger partial charge in [0, 0.05) is 13.8 Å². The van der Waals surface area contributed by atoms with Crippen molar-refractivity contribution in [2.75, 3.05) is 0 Å². The van der Waals surface area contributed by atoms with Crippen LogP contribution in [0.2, 0.25) is 0 Å². The molecule has 104 valence electrons. The predicted octanol–water partition coefficient (Wildman–Crippen LogP) is -0.816. The molecule has 0 amide bonds. The Morgan fingerprint density at radius 1 is 1.72 bits per heavy atom. The van der Waals surface area contributed by atoms with E-state index in [4.69, 9.17) is 14.7 Å². The molecule has 1 heterocycles. The number of cyclic esters (lactones) is 1. The van der Waals surface area contributed by atoms with Crippen molar-refractivity contribution in [3.63, 3.8) is 0 Å². The molecule has 0 aromatic carbocycles. The highest BCUT2D eigenvalue weighted by molar-refractivity contribution is 5.78. The van der Waals surface area contributed by atoms with Gasteiger partial charge < -0.3 is 14.7 Å². The van der Waals surface area contributed by atoms with Crippen molar-refractivity contribution in [2.24, 2.45) is 5.92 Å². The second kappa shape index (κ2) is 5.19. The van der Waals surface area contributed by atoms with Crippen LogP contribution < -0.4 is 5.34 Å². The molecule has 8 heteroatoms. The second-order valence-corrected chi connectivity index (χ2v) is 4.71. The number of carbonyl (C=O) groups excluding carboxylic acids is 2. The minimum atomic E-state index is -1.88. The molecule has 0 saturated carbocycles. The van der Waals surface area contributed by atoms with Crippen LogP contribution in [0, 0.1) is 11.1 Å². The molecular formula is C10H18N2O6. The fourth-order valence-electron chi connectivity index (χ4n) is 1.98. The molecule has 0 bridgehead atoms. The van der Waals surface area contributed by atoms with E-state index in [2.05, 4.69) is 0 Å². The van der Waals surface area contributed by atoms with Crippen LogP contribution >= 0.6 is 0 Å². The number of esters is 2. The predicted molar refractivity (Wildman–Crippen MR) is 57.5 cm³/mol. The van der Waals surface area contributed by atoms with Gasteiger partial charge in [-0.25, -0.2) is 4.79 Å². The van der Waals surface area contributed by atoms with Gasteiger partial charge in [0.05, 0.1) is 0 Å². The minimum absolute atomic E-state index is 0.101. The molecule has 1 saturated heterocycles. The molecule has 0 aromatic rings. The number of nitrogens with zero attached hydrogens (tertiary/aromatic N) is 1. The summed E-state index contributed by atoms with van der Waals surface area (Å²) in [5, 5.41) is 19.8. The molecule has 0 radical (unpaired) electrons. The molecule has 18 heavy (non-hydrogen) atoms. The Bertz CT molecular complexity index is 345. The van der Waals surface area contributed by atoms with Crippen LogP contribution in [0.4, 0.5) is 0 Å². The van der Waals surface area contributed by atoms with Gasteiger partial charge in [-0.05, 0) is 17.3 Å². The van der Waals surface area contributed by atoms with Crippen LogP contribution in [0.5, 0.6) is 0 Å². The third-order valence-electron chi connectivity index (χ3n) is 2.55. The number of nitrogens with one attached hydrogen (secondary N) is 1. The van der Waals surface area contributed by atoms with Crippen LogP contribution in [-0.4, -0.2) is 34.1 Å². The van der Waals surface area contributed by atoms with Crippen LogP contribution in [0.15, 0.2) is 0 Å². The first-order valence-electron chi connectivity index (χ1n) is 5.62. The lowest BCUT2D eigenvalue weighted by atomic mass is 10.0. The molecule has 1 rings (SSSR count). The Balaban J connectivity index is 3.01. The number of ether oxygens (including phenoxy) is 2. The number of hydrogen-bond acceptors (Lipinski definition) is 7. The van der Waals surface area contributed by atoms with E-state index in [9.17, 15) is 14.8 Å². The lowest BCUT2D eigenvalue weighted by Crippen LogP contribution is -3.14. The second-order valence-electron chi connectivity index (χ2n) is 4.71. The van der Waals surface area contributed by atoms with Crippen molar-refractivity contribution in [2.45, 2.75) is 46.1 Å². The van der Waals surface area contributed by atoms with Crippen molar-refractivity contribution in [3.05, 3.63) is 5.21 Å². The normalized spacial score (nSPS) is 30.4. The largest absolute Gasteiger partial charge is 0.579 e. The van der Waals surface area contributed by atoms with Crippen LogP contribution in [-0.2, 0) is 19.1 Å². The molecule has 0 aromatic heterocycles. The van der Waals surface area contributed by atoms with Gasteiger partial charge in [0.2, 0.25) is 0 Å². The maximum Gasteiger partial charge on any atom is 0.363 e. The van der Waals surface area contributed by atoms with E-state index in [1.54, 1.807) is 0 Å². The van der Waals surface area contributed by atoms with Gasteiger partial charge in [-0.3, -0.25) is 4.79 Å². The molecule has 1 aliphatic rings. The van der Waals surface area contributed by atoms with E-state index in [0.717, 1.165) is 11.9 Å². The maximum atomic E-state index is 11.7. The minimum Gasteiger partial charge on any atom is -0.579 e. The van der Waals surface area contributed by atoms with Crippen LogP contribution in [0.25, 0.3) is 0 Å². The van der Waals surface area contributed by atoms with E-state index in [-0.39, 0.29) is 5.92 Å². The summed E-state index contributed by atoms with van der Waals surface area (Å²) in [6.07, 6.45) is 0.308. The number of rotatable bonds is 4. The fraction of sp³-hybridized carbons (Fsp3) is 0.800. The summed E-state index contributed by atoms with van der Waals surface area (Å²) in [7, 11) is 0. The van der Waals surface area contributed by atoms with E-state index in [1.165, 1.54) is 6.92 Å². The molecular weight excluding hydrogens is 244 g/mol. The Hall–Kier alpha value is -1.22. The van der Waals surface area contributed by atoms with Gasteiger partial charge in [0.15, 0.2) is 6.04 Å². The molecule has 8 nitrogen and oxygen atoms in total. The molecule has 3 unspecified atom stereocenters. The third-order valence-corrected chi connectivity index (χ3v) is 2.55. The highest BCUT2D eigenvalue weighted by Gasteiger charge is 2.58. The SMILES string of the molecule is CC(=O)OC1(C)OC(=O)C(CC(C)C)N1[NH+]([O-])O. The molecule has 1 fully saturated rings. The Labute approximate surface area is 105 Å². The van der Waals surface area contributed by atoms with E-state index in [1.807, 2.05) is 13.8 Å². The van der Waals surface area contributed by atoms with Crippen molar-refractivity contribution in [1.82, 2.24) is 5.01 Å². The van der Waals surface area contributed by atoms with Crippen LogP contribution in [0.3, 0.4) is 0 Å². The van der Waals surface area contributed by atoms with E-state index >= 15 is 0 Å². The summed E-state index contributed by atoms with van der Waals surface area (Å²) in [6, 6.07) is -0.952. The van der Waals surface area contributed by atoms with Gasteiger partial charge in [0.25, 0.3) is 0 Å². The van der Waals surface area contributed by atoms with E-state index in [0.29, 0.717) is 6.42 Å². The average molecular weight is 262 g/mol. The van der Waals surface area contributed by atoms with Gasteiger partial charge in [-0.15, -0.1) is 5.34 Å². The molecule has 2 N–H and O–H groups in total. The zero-order valence-electron chi connectivity index (χ0n) is 10.8. The van der Waals surface area contributed by atoms with Crippen molar-refractivity contribution in [3.8, 4) is 0 Å². The lowest BCUT2D eigenvalue weighted by molar-refractivity contribution is -1.15. The first kappa shape index (κ1) is 14.8. The summed E-state index contributed by atoms with van der Waals surface area (Å²) >= 11 is 0. The molecule has 3 atom stereocenters. The smallest absolute Gasteiger partial charge is 0.363 e. The maximum absolute atomic E-state index is 11.7. The summed E-state index contributed by atoms with van der Waals surface area (Å²) in [4.78, 5) is 22.7. The zero-order chi connectivity index (χ0) is 14.1. The van der Waals surface area contributed by atoms with Gasteiger partial charge in [-0.1, -0.05) is 13.8 Å². The van der Waals surface area contributed by atoms with Gasteiger partial charge in [-0.2, -0.15) is 5.21 Å². The number of carbonyl (C=O) groups is 2. The van der Waals surface area contributed by atoms with E-state index < -0.39 is 29.2 Å². The summed E-state index contributed by atoms with van der Waals surface area (Å²) < 4.78 is 9.73. The number of quaternary nitrogens is 1. The van der Waals surface area contributed by atoms with Gasteiger partial charge >= 0.3 is 17.8 Å². The standard InChI is InChI=1S/C10H18N2O6/c1-6(2)5-8-9(14)18-10(4,17-7(3)13)11(8)12(15)16/h6,8,12,15H,5H2,1-4H3. The highest BCUT2D eigenvalue weighted by atomic mass is 16.9.